The van der Waals surface area contributed by atoms with E-state index < -0.39 is 5.78 Å². The molecule has 7 heteroatoms. The third-order valence-corrected chi connectivity index (χ3v) is 3.62. The van der Waals surface area contributed by atoms with Crippen LogP contribution in [0.5, 0.6) is 17.4 Å². The van der Waals surface area contributed by atoms with Gasteiger partial charge in [0, 0.05) is 22.8 Å². The average Bonchev–Trinajstić information content (AvgIpc) is 2.60. The van der Waals surface area contributed by atoms with Crippen molar-refractivity contribution in [3.63, 3.8) is 0 Å². The largest absolute Gasteiger partial charge is 0.496 e. The molecule has 0 fully saturated rings. The molecule has 0 unspecified atom stereocenters. The molecule has 7 nitrogen and oxygen atoms in total. The van der Waals surface area contributed by atoms with Crippen molar-refractivity contribution in [2.45, 2.75) is 6.92 Å². The normalized spacial score (nSPS) is 10.2. The van der Waals surface area contributed by atoms with Gasteiger partial charge in [-0.3, -0.25) is 10.2 Å². The van der Waals surface area contributed by atoms with E-state index >= 15 is 0 Å². The van der Waals surface area contributed by atoms with Gasteiger partial charge in [0.25, 0.3) is 0 Å². The molecule has 0 aliphatic heterocycles. The van der Waals surface area contributed by atoms with Gasteiger partial charge in [-0.25, -0.2) is 0 Å². The summed E-state index contributed by atoms with van der Waals surface area (Å²) in [5, 5.41) is 8.16. The van der Waals surface area contributed by atoms with Crippen molar-refractivity contribution in [3.8, 4) is 17.4 Å². The van der Waals surface area contributed by atoms with Crippen LogP contribution in [0.4, 0.5) is 5.82 Å². The lowest BCUT2D eigenvalue weighted by atomic mass is 9.99. The van der Waals surface area contributed by atoms with Crippen LogP contribution < -0.4 is 19.9 Å². The van der Waals surface area contributed by atoms with Crippen molar-refractivity contribution in [3.05, 3.63) is 41.0 Å². The van der Waals surface area contributed by atoms with Crippen LogP contribution in [0.1, 0.15) is 21.5 Å². The highest BCUT2D eigenvalue weighted by Crippen LogP contribution is 2.30. The Labute approximate surface area is 139 Å². The number of nitrogens with one attached hydrogen (secondary N) is 1. The number of carbonyl (C=O) groups excluding carboxylic acids is 1. The van der Waals surface area contributed by atoms with Gasteiger partial charge in [0.05, 0.1) is 21.3 Å². The first-order valence-electron chi connectivity index (χ1n) is 7.09. The number of ketones is 1. The SMILES string of the molecule is COc1ccc(C(=N)C(=O)c2cc(OC)c(C)c(OC)c2)c(N)n1. The zero-order valence-electron chi connectivity index (χ0n) is 14.0. The van der Waals surface area contributed by atoms with Gasteiger partial charge < -0.3 is 19.9 Å². The van der Waals surface area contributed by atoms with E-state index in [2.05, 4.69) is 4.98 Å². The van der Waals surface area contributed by atoms with Crippen LogP contribution in [0, 0.1) is 12.3 Å². The number of Topliss-reactive ketones (excluding diaryl/α,β-unsaturated/α-hetero) is 1. The van der Waals surface area contributed by atoms with Crippen LogP contribution in [0.3, 0.4) is 0 Å². The van der Waals surface area contributed by atoms with Crippen molar-refractivity contribution in [2.75, 3.05) is 27.1 Å². The zero-order chi connectivity index (χ0) is 17.9. The highest BCUT2D eigenvalue weighted by molar-refractivity contribution is 6.51. The first kappa shape index (κ1) is 17.3. The quantitative estimate of drug-likeness (QED) is 0.621. The fraction of sp³-hybridized carbons (Fsp3) is 0.235. The fourth-order valence-electron chi connectivity index (χ4n) is 2.27. The lowest BCUT2D eigenvalue weighted by Crippen LogP contribution is -2.17. The number of nitrogens with zero attached hydrogens (tertiary/aromatic N) is 1. The van der Waals surface area contributed by atoms with E-state index in [1.54, 1.807) is 18.2 Å². The molecule has 0 aliphatic carbocycles. The standard InChI is InChI=1S/C17H19N3O4/c1-9-12(22-2)7-10(8-13(9)23-3)16(21)15(18)11-5-6-14(24-4)20-17(11)19/h5-8,18H,1-4H3,(H2,19,20). The lowest BCUT2D eigenvalue weighted by molar-refractivity contribution is 0.106. The zero-order valence-corrected chi connectivity index (χ0v) is 14.0. The predicted octanol–water partition coefficient (Wildman–Crippen LogP) is 2.25. The first-order valence-corrected chi connectivity index (χ1v) is 7.09. The summed E-state index contributed by atoms with van der Waals surface area (Å²) in [7, 11) is 4.47. The van der Waals surface area contributed by atoms with Crippen LogP contribution in [0.25, 0.3) is 0 Å². The van der Waals surface area contributed by atoms with E-state index in [9.17, 15) is 4.79 Å². The van der Waals surface area contributed by atoms with E-state index in [1.165, 1.54) is 27.4 Å². The number of methoxy groups -OCH3 is 3. The molecule has 0 saturated heterocycles. The Hall–Kier alpha value is -3.09. The van der Waals surface area contributed by atoms with Crippen LogP contribution in [0.15, 0.2) is 24.3 Å². The number of nitrogen functional groups attached to an aromatic ring is 1. The number of pyridine rings is 1. The summed E-state index contributed by atoms with van der Waals surface area (Å²) in [6.07, 6.45) is 0. The van der Waals surface area contributed by atoms with E-state index in [0.717, 1.165) is 5.56 Å². The Morgan fingerprint density at radius 1 is 1.08 bits per heavy atom. The van der Waals surface area contributed by atoms with Gasteiger partial charge in [-0.05, 0) is 25.1 Å². The Kier molecular flexibility index (Phi) is 5.03. The topological polar surface area (TPSA) is 108 Å². The van der Waals surface area contributed by atoms with E-state index in [1.807, 2.05) is 6.92 Å². The number of benzene rings is 1. The molecule has 0 amide bonds. The molecule has 0 aliphatic rings. The summed E-state index contributed by atoms with van der Waals surface area (Å²) in [5.41, 5.74) is 6.83. The second-order valence-electron chi connectivity index (χ2n) is 5.00. The number of aromatic nitrogens is 1. The maximum atomic E-state index is 12.6. The van der Waals surface area contributed by atoms with Gasteiger partial charge >= 0.3 is 0 Å². The maximum Gasteiger partial charge on any atom is 0.214 e. The molecule has 1 heterocycles. The fourth-order valence-corrected chi connectivity index (χ4v) is 2.27. The number of rotatable bonds is 6. The third kappa shape index (κ3) is 3.15. The molecule has 126 valence electrons. The minimum atomic E-state index is -0.509. The monoisotopic (exact) mass is 329 g/mol. The molecular formula is C17H19N3O4. The number of nitrogens with two attached hydrogens (primary N) is 1. The smallest absolute Gasteiger partial charge is 0.214 e. The van der Waals surface area contributed by atoms with Gasteiger partial charge in [-0.1, -0.05) is 0 Å². The van der Waals surface area contributed by atoms with Gasteiger partial charge in [0.15, 0.2) is 0 Å². The molecular weight excluding hydrogens is 310 g/mol. The first-order chi connectivity index (χ1) is 11.4. The second kappa shape index (κ2) is 6.99. The van der Waals surface area contributed by atoms with Crippen LogP contribution in [0.2, 0.25) is 0 Å². The molecule has 2 aromatic rings. The van der Waals surface area contributed by atoms with E-state index in [0.29, 0.717) is 17.4 Å². The average molecular weight is 329 g/mol. The Morgan fingerprint density at radius 3 is 2.12 bits per heavy atom. The molecule has 0 spiro atoms. The molecule has 1 aromatic heterocycles. The van der Waals surface area contributed by atoms with Gasteiger partial charge in [0.2, 0.25) is 11.7 Å². The van der Waals surface area contributed by atoms with Crippen molar-refractivity contribution in [1.29, 1.82) is 5.41 Å². The summed E-state index contributed by atoms with van der Waals surface area (Å²) in [6, 6.07) is 6.22. The lowest BCUT2D eigenvalue weighted by Gasteiger charge is -2.13. The maximum absolute atomic E-state index is 12.6. The highest BCUT2D eigenvalue weighted by Gasteiger charge is 2.20. The van der Waals surface area contributed by atoms with Crippen LogP contribution in [-0.4, -0.2) is 37.8 Å². The van der Waals surface area contributed by atoms with Gasteiger partial charge in [0.1, 0.15) is 23.0 Å². The van der Waals surface area contributed by atoms with Crippen LogP contribution in [-0.2, 0) is 0 Å². The summed E-state index contributed by atoms with van der Waals surface area (Å²) in [5.74, 6) is 0.872. The molecule has 3 N–H and O–H groups in total. The Morgan fingerprint density at radius 2 is 1.67 bits per heavy atom. The van der Waals surface area contributed by atoms with Crippen molar-refractivity contribution in [2.24, 2.45) is 0 Å². The van der Waals surface area contributed by atoms with Crippen molar-refractivity contribution < 1.29 is 19.0 Å². The number of anilines is 1. The molecule has 0 bridgehead atoms. The summed E-state index contributed by atoms with van der Waals surface area (Å²) >= 11 is 0. The number of hydrogen-bond donors (Lipinski definition) is 2. The van der Waals surface area contributed by atoms with Gasteiger partial charge in [-0.15, -0.1) is 0 Å². The molecule has 0 radical (unpaired) electrons. The van der Waals surface area contributed by atoms with Crippen LogP contribution >= 0.6 is 0 Å². The Balaban J connectivity index is 2.43. The van der Waals surface area contributed by atoms with Gasteiger partial charge in [-0.2, -0.15) is 4.98 Å². The molecule has 2 rings (SSSR count). The number of ether oxygens (including phenoxy) is 3. The Bertz CT molecular complexity index is 777. The second-order valence-corrected chi connectivity index (χ2v) is 5.00. The minimum Gasteiger partial charge on any atom is -0.496 e. The predicted molar refractivity (Wildman–Crippen MR) is 90.6 cm³/mol. The molecule has 1 aromatic carbocycles. The minimum absolute atomic E-state index is 0.0544. The number of carbonyl (C=O) groups is 1. The summed E-state index contributed by atoms with van der Waals surface area (Å²) in [6.45, 7) is 1.82. The van der Waals surface area contributed by atoms with E-state index in [4.69, 9.17) is 25.4 Å². The summed E-state index contributed by atoms with van der Waals surface area (Å²) < 4.78 is 15.5. The third-order valence-electron chi connectivity index (χ3n) is 3.62. The molecule has 0 atom stereocenters. The molecule has 24 heavy (non-hydrogen) atoms. The number of hydrogen-bond acceptors (Lipinski definition) is 7. The molecule has 0 saturated carbocycles. The van der Waals surface area contributed by atoms with E-state index in [-0.39, 0.29) is 22.7 Å². The van der Waals surface area contributed by atoms with Crippen molar-refractivity contribution >= 4 is 17.3 Å². The van der Waals surface area contributed by atoms with Crippen molar-refractivity contribution in [1.82, 2.24) is 4.98 Å². The highest BCUT2D eigenvalue weighted by atomic mass is 16.5. The summed E-state index contributed by atoms with van der Waals surface area (Å²) in [4.78, 5) is 16.6.